The maximum atomic E-state index is 14.6. The molecule has 0 unspecified atom stereocenters. The van der Waals surface area contributed by atoms with Crippen LogP contribution in [0.4, 0.5) is 0 Å². The number of H-pyrrole nitrogens is 1. The number of benzene rings is 3. The van der Waals surface area contributed by atoms with Crippen LogP contribution in [0.1, 0.15) is 83.2 Å². The summed E-state index contributed by atoms with van der Waals surface area (Å²) in [4.78, 5) is 69.0. The number of rotatable bonds is 14. The molecule has 5 aromatic rings. The van der Waals surface area contributed by atoms with E-state index >= 15 is 0 Å². The first-order valence-corrected chi connectivity index (χ1v) is 22.7. The predicted octanol–water partition coefficient (Wildman–Crippen LogP) is 5.61. The standard InChI is InChI=1S/C49H52N8O9/c1-62-37-17-16-30(23-39(37)63-2)40-32-6-3-4-7-33(32)47(60)57(55-40)31-18-20-56(21-19-31)48(61)36(22-27-12-14-29(15-13-27)45(50)58)54-46(59)35-24-51-43-41(52-26-53-42(35)43)34-8-5-9-38-44(34)66-49(65-38)64-25-28-10-11-28/h5,8-9,12-17,23-24,26,28,31-33,36,49,51H,3-4,6-7,10-11,18-22,25H2,1-2H3,(H2,50,58)(H,54,59)/t32-,33+,36-,49+/m0/s1. The van der Waals surface area contributed by atoms with Crippen molar-refractivity contribution in [3.63, 3.8) is 0 Å². The van der Waals surface area contributed by atoms with Crippen molar-refractivity contribution in [2.45, 2.75) is 76.3 Å². The SMILES string of the molecule is COc1ccc(C2=NN(C3CCN(C(=O)[C@H](Cc4ccc(C(N)=O)cc4)NC(=O)c4c[nH]c5c(-c6cccc7c6O[C@H](OCC6CC6)O7)ncnc45)CC3)C(=O)[C@@H]3CCCC[C@H]23)cc1OC. The highest BCUT2D eigenvalue weighted by Gasteiger charge is 2.44. The number of methoxy groups -OCH3 is 2. The molecule has 4 amide bonds. The summed E-state index contributed by atoms with van der Waals surface area (Å²) in [6, 6.07) is 16.7. The van der Waals surface area contributed by atoms with Gasteiger partial charge in [0.15, 0.2) is 23.0 Å². The molecule has 4 atom stereocenters. The van der Waals surface area contributed by atoms with Gasteiger partial charge in [0.1, 0.15) is 23.6 Å². The first kappa shape index (κ1) is 42.9. The Morgan fingerprint density at radius 3 is 2.42 bits per heavy atom. The van der Waals surface area contributed by atoms with E-state index in [1.54, 1.807) is 60.7 Å². The fourth-order valence-corrected chi connectivity index (χ4v) is 9.74. The van der Waals surface area contributed by atoms with Crippen molar-refractivity contribution >= 4 is 40.4 Å². The molecule has 17 heteroatoms. The van der Waals surface area contributed by atoms with E-state index in [2.05, 4.69) is 20.3 Å². The van der Waals surface area contributed by atoms with E-state index < -0.39 is 24.3 Å². The van der Waals surface area contributed by atoms with Crippen LogP contribution in [0.3, 0.4) is 0 Å². The molecule has 10 rings (SSSR count). The number of carbonyl (C=O) groups excluding carboxylic acids is 4. The molecular weight excluding hydrogens is 845 g/mol. The number of piperidine rings is 1. The van der Waals surface area contributed by atoms with E-state index in [4.69, 9.17) is 34.5 Å². The molecule has 4 N–H and O–H groups in total. The minimum atomic E-state index is -0.996. The number of aromatic amines is 1. The molecule has 1 saturated heterocycles. The number of likely N-dealkylation sites (tertiary alicyclic amines) is 1. The molecule has 0 radical (unpaired) electrons. The van der Waals surface area contributed by atoms with Gasteiger partial charge in [-0.2, -0.15) is 5.10 Å². The van der Waals surface area contributed by atoms with Crippen molar-refractivity contribution in [2.24, 2.45) is 28.6 Å². The van der Waals surface area contributed by atoms with Gasteiger partial charge in [0, 0.05) is 54.2 Å². The fraction of sp³-hybridized carbons (Fsp3) is 0.408. The van der Waals surface area contributed by atoms with Crippen molar-refractivity contribution < 1.29 is 42.9 Å². The zero-order valence-electron chi connectivity index (χ0n) is 36.9. The number of primary amides is 1. The van der Waals surface area contributed by atoms with E-state index in [9.17, 15) is 19.2 Å². The summed E-state index contributed by atoms with van der Waals surface area (Å²) >= 11 is 0. The molecule has 5 aliphatic rings. The Hall–Kier alpha value is -7.01. The Morgan fingerprint density at radius 2 is 1.68 bits per heavy atom. The molecule has 3 aromatic carbocycles. The average Bonchev–Trinajstić information content (AvgIpc) is 3.92. The van der Waals surface area contributed by atoms with Gasteiger partial charge in [0.2, 0.25) is 17.7 Å². The van der Waals surface area contributed by atoms with E-state index in [0.29, 0.717) is 89.3 Å². The first-order chi connectivity index (χ1) is 32.2. The van der Waals surface area contributed by atoms with Crippen molar-refractivity contribution in [2.75, 3.05) is 33.9 Å². The monoisotopic (exact) mass is 896 g/mol. The van der Waals surface area contributed by atoms with Crippen LogP contribution >= 0.6 is 0 Å². The Morgan fingerprint density at radius 1 is 0.909 bits per heavy atom. The van der Waals surface area contributed by atoms with Crippen molar-refractivity contribution in [1.29, 1.82) is 0 Å². The van der Waals surface area contributed by atoms with Crippen LogP contribution in [-0.2, 0) is 20.7 Å². The zero-order valence-corrected chi connectivity index (χ0v) is 36.9. The molecule has 17 nitrogen and oxygen atoms in total. The van der Waals surface area contributed by atoms with E-state index in [1.165, 1.54) is 6.33 Å². The van der Waals surface area contributed by atoms with Crippen LogP contribution in [0.5, 0.6) is 23.0 Å². The lowest BCUT2D eigenvalue weighted by Gasteiger charge is -2.43. The lowest BCUT2D eigenvalue weighted by atomic mass is 9.73. The normalized spacial score (nSPS) is 21.0. The van der Waals surface area contributed by atoms with Crippen molar-refractivity contribution in [3.8, 4) is 34.3 Å². The quantitative estimate of drug-likeness (QED) is 0.125. The number of hydrazone groups is 1. The third kappa shape index (κ3) is 8.38. The smallest absolute Gasteiger partial charge is 0.361 e. The molecule has 3 fully saturated rings. The summed E-state index contributed by atoms with van der Waals surface area (Å²) in [6.45, 7) is 0.377. The maximum Gasteiger partial charge on any atom is 0.361 e. The van der Waals surface area contributed by atoms with Crippen LogP contribution in [0, 0.1) is 17.8 Å². The number of ether oxygens (including phenoxy) is 5. The fourth-order valence-electron chi connectivity index (χ4n) is 9.74. The van der Waals surface area contributed by atoms with Gasteiger partial charge in [-0.1, -0.05) is 31.0 Å². The van der Waals surface area contributed by atoms with Gasteiger partial charge in [0.05, 0.1) is 43.7 Å². The van der Waals surface area contributed by atoms with E-state index in [-0.39, 0.29) is 41.7 Å². The number of hydrogen-bond donors (Lipinski definition) is 3. The molecule has 342 valence electrons. The largest absolute Gasteiger partial charge is 0.493 e. The second-order valence-electron chi connectivity index (χ2n) is 17.7. The van der Waals surface area contributed by atoms with Crippen LogP contribution in [0.15, 0.2) is 78.3 Å². The van der Waals surface area contributed by atoms with E-state index in [0.717, 1.165) is 55.4 Å². The third-order valence-corrected chi connectivity index (χ3v) is 13.5. The van der Waals surface area contributed by atoms with Gasteiger partial charge in [0.25, 0.3) is 5.91 Å². The zero-order chi connectivity index (χ0) is 45.5. The second kappa shape index (κ2) is 18.1. The summed E-state index contributed by atoms with van der Waals surface area (Å²) in [5, 5.41) is 9.78. The number of fused-ring (bicyclic) bond motifs is 3. The summed E-state index contributed by atoms with van der Waals surface area (Å²) in [5.41, 5.74) is 10.5. The number of carbonyl (C=O) groups is 4. The molecule has 0 bridgehead atoms. The lowest BCUT2D eigenvalue weighted by molar-refractivity contribution is -0.179. The summed E-state index contributed by atoms with van der Waals surface area (Å²) < 4.78 is 29.0. The van der Waals surface area contributed by atoms with Gasteiger partial charge in [-0.15, -0.1) is 0 Å². The molecule has 0 spiro atoms. The number of para-hydroxylation sites is 1. The number of aromatic nitrogens is 3. The average molecular weight is 897 g/mol. The number of nitrogens with two attached hydrogens (primary N) is 1. The van der Waals surface area contributed by atoms with Gasteiger partial charge in [-0.05, 0) is 92.5 Å². The third-order valence-electron chi connectivity index (χ3n) is 13.5. The number of nitrogens with one attached hydrogen (secondary N) is 2. The molecule has 2 aliphatic carbocycles. The van der Waals surface area contributed by atoms with E-state index in [1.807, 2.05) is 30.3 Å². The van der Waals surface area contributed by atoms with Crippen molar-refractivity contribution in [3.05, 3.63) is 95.4 Å². The Labute approximate surface area is 381 Å². The first-order valence-electron chi connectivity index (χ1n) is 22.7. The maximum absolute atomic E-state index is 14.6. The second-order valence-corrected chi connectivity index (χ2v) is 17.7. The van der Waals surface area contributed by atoms with Crippen LogP contribution in [0.2, 0.25) is 0 Å². The molecular formula is C49H52N8O9. The Kier molecular flexibility index (Phi) is 11.8. The molecule has 2 saturated carbocycles. The summed E-state index contributed by atoms with van der Waals surface area (Å²) in [5.74, 6) is 1.22. The highest BCUT2D eigenvalue weighted by molar-refractivity contribution is 6.09. The number of nitrogens with zero attached hydrogens (tertiary/aromatic N) is 5. The van der Waals surface area contributed by atoms with Crippen LogP contribution in [0.25, 0.3) is 22.3 Å². The van der Waals surface area contributed by atoms with Gasteiger partial charge < -0.3 is 44.6 Å². The topological polar surface area (TPSA) is 213 Å². The summed E-state index contributed by atoms with van der Waals surface area (Å²) in [6.07, 6.45) is 10.0. The van der Waals surface area contributed by atoms with Gasteiger partial charge >= 0.3 is 6.48 Å². The number of amides is 4. The molecule has 3 aliphatic heterocycles. The highest BCUT2D eigenvalue weighted by Crippen LogP contribution is 2.45. The predicted molar refractivity (Wildman–Crippen MR) is 241 cm³/mol. The minimum absolute atomic E-state index is 0.00527. The van der Waals surface area contributed by atoms with Gasteiger partial charge in [-0.3, -0.25) is 19.2 Å². The van der Waals surface area contributed by atoms with Crippen LogP contribution < -0.4 is 30.0 Å². The molecule has 66 heavy (non-hydrogen) atoms. The number of hydrogen-bond acceptors (Lipinski definition) is 12. The minimum Gasteiger partial charge on any atom is -0.493 e. The summed E-state index contributed by atoms with van der Waals surface area (Å²) in [7, 11) is 3.20. The van der Waals surface area contributed by atoms with Gasteiger partial charge in [-0.25, -0.2) is 15.0 Å². The lowest BCUT2D eigenvalue weighted by Crippen LogP contribution is -2.55. The van der Waals surface area contributed by atoms with Crippen LogP contribution in [-0.4, -0.2) is 107 Å². The molecule has 5 heterocycles. The molecule has 2 aromatic heterocycles. The Bertz CT molecular complexity index is 2710. The highest BCUT2D eigenvalue weighted by atomic mass is 16.9. The Balaban J connectivity index is 0.882. The van der Waals surface area contributed by atoms with Crippen molar-refractivity contribution in [1.82, 2.24) is 30.2 Å².